The molecule has 0 saturated carbocycles. The maximum Gasteiger partial charge on any atom is 0.295 e. The Labute approximate surface area is 367 Å². The van der Waals surface area contributed by atoms with Crippen molar-refractivity contribution in [2.45, 2.75) is 26.5 Å². The molecule has 4 N–H and O–H groups in total. The average Bonchev–Trinajstić information content (AvgIpc) is 3.89. The van der Waals surface area contributed by atoms with Crippen LogP contribution in [0.25, 0.3) is 67.1 Å². The average molecular weight is 953 g/mol. The van der Waals surface area contributed by atoms with Crippen LogP contribution in [0.15, 0.2) is 145 Å². The van der Waals surface area contributed by atoms with Gasteiger partial charge in [-0.15, -0.1) is 20.4 Å². The highest BCUT2D eigenvalue weighted by molar-refractivity contribution is 7.86. The Bertz CT molecular complexity index is 4040. The zero-order valence-electron chi connectivity index (χ0n) is 32.9. The summed E-state index contributed by atoms with van der Waals surface area (Å²) < 4.78 is 138. The first-order valence-electron chi connectivity index (χ1n) is 18.6. The van der Waals surface area contributed by atoms with Crippen LogP contribution in [0.1, 0.15) is 16.7 Å². The fourth-order valence-electron chi connectivity index (χ4n) is 7.13. The summed E-state index contributed by atoms with van der Waals surface area (Å²) in [5.41, 5.74) is 2.75. The van der Waals surface area contributed by atoms with Crippen LogP contribution in [0.3, 0.4) is 0 Å². The Morgan fingerprint density at radius 2 is 1.08 bits per heavy atom. The predicted octanol–water partition coefficient (Wildman–Crippen LogP) is 7.34. The number of hydrogen-bond acceptors (Lipinski definition) is 14. The molecule has 9 rings (SSSR count). The van der Waals surface area contributed by atoms with Crippen molar-refractivity contribution in [1.29, 1.82) is 0 Å². The Hall–Kier alpha value is -7.16. The van der Waals surface area contributed by atoms with Crippen molar-refractivity contribution in [3.63, 3.8) is 0 Å². The molecular weight excluding hydrogens is 925 g/mol. The van der Waals surface area contributed by atoms with Gasteiger partial charge in [-0.25, -0.2) is 0 Å². The molecule has 2 aromatic heterocycles. The second-order valence-corrected chi connectivity index (χ2v) is 20.0. The molecule has 9 aromatic rings. The normalized spacial score (nSPS) is 13.1. The first kappa shape index (κ1) is 43.1. The van der Waals surface area contributed by atoms with E-state index in [1.165, 1.54) is 65.5 Å². The number of nitrogens with zero attached hydrogens (tertiary/aromatic N) is 8. The van der Waals surface area contributed by atoms with E-state index >= 15 is 0 Å². The molecule has 65 heavy (non-hydrogen) atoms. The second kappa shape index (κ2) is 15.5. The first-order valence-corrected chi connectivity index (χ1v) is 24.4. The molecule has 2 heterocycles. The second-order valence-electron chi connectivity index (χ2n) is 14.4. The monoisotopic (exact) mass is 952 g/mol. The summed E-state index contributed by atoms with van der Waals surface area (Å²) in [6.45, 7) is 1.75. The van der Waals surface area contributed by atoms with E-state index in [2.05, 4.69) is 30.6 Å². The van der Waals surface area contributed by atoms with E-state index in [1.807, 2.05) is 0 Å². The van der Waals surface area contributed by atoms with Gasteiger partial charge in [-0.05, 0) is 95.7 Å². The number of fused-ring (bicyclic) bond motifs is 6. The standard InChI is InChI=1S/C41H28N8O12S4/c1-23-18-28(48-44-35-16-10-26-19-30(62(50,51)52)14-15-31(26)40(35)46-48)13-17-34(23)43-42-27-11-8-24(37(20-27)63(53,54)55)6-7-25-9-12-29(21-38(25)64(56,57)58)49-45-36-22-39(65(59,60)61)32-4-2-3-5-33(32)41(36)47-49/h2-22H,1H3,(H,50,51,52)(H,53,54,55)(H,56,57,58)(H,59,60,61). The lowest BCUT2D eigenvalue weighted by Crippen LogP contribution is -2.05. The zero-order chi connectivity index (χ0) is 46.2. The van der Waals surface area contributed by atoms with Crippen LogP contribution in [-0.2, 0) is 40.5 Å². The molecular formula is C41H28N8O12S4. The molecule has 0 saturated heterocycles. The van der Waals surface area contributed by atoms with Gasteiger partial charge in [0, 0.05) is 16.2 Å². The Balaban J connectivity index is 0.991. The van der Waals surface area contributed by atoms with Crippen LogP contribution in [0.2, 0.25) is 0 Å². The quantitative estimate of drug-likeness (QED) is 0.0592. The molecule has 0 bridgehead atoms. The van der Waals surface area contributed by atoms with Crippen molar-refractivity contribution in [2.75, 3.05) is 0 Å². The van der Waals surface area contributed by atoms with Crippen molar-refractivity contribution in [2.24, 2.45) is 10.2 Å². The molecule has 0 atom stereocenters. The minimum Gasteiger partial charge on any atom is -0.282 e. The van der Waals surface area contributed by atoms with Crippen molar-refractivity contribution in [3.05, 3.63) is 132 Å². The SMILES string of the molecule is Cc1cc(-n2nc3ccc4cc(S(=O)(=O)O)ccc4c3n2)ccc1N=Nc1ccc(C=Cc2ccc(-n3nc4cc(S(=O)(=O)O)c5ccccc5c4n3)cc2S(=O)(=O)O)c(S(=O)(=O)O)c1. The largest absolute Gasteiger partial charge is 0.295 e. The summed E-state index contributed by atoms with van der Waals surface area (Å²) in [7, 11) is -18.9. The third-order valence-electron chi connectivity index (χ3n) is 10.2. The number of aryl methyl sites for hydroxylation is 1. The Morgan fingerprint density at radius 1 is 0.492 bits per heavy atom. The van der Waals surface area contributed by atoms with Crippen LogP contribution < -0.4 is 0 Å². The molecule has 7 aromatic carbocycles. The molecule has 20 nitrogen and oxygen atoms in total. The molecule has 0 radical (unpaired) electrons. The fourth-order valence-corrected chi connectivity index (χ4v) is 9.76. The Morgan fingerprint density at radius 3 is 1.72 bits per heavy atom. The van der Waals surface area contributed by atoms with E-state index in [0.717, 1.165) is 23.0 Å². The zero-order valence-corrected chi connectivity index (χ0v) is 36.2. The van der Waals surface area contributed by atoms with Gasteiger partial charge in [0.25, 0.3) is 40.5 Å². The lowest BCUT2D eigenvalue weighted by Gasteiger charge is -2.08. The molecule has 0 aliphatic heterocycles. The molecule has 0 fully saturated rings. The van der Waals surface area contributed by atoms with Gasteiger partial charge in [0.05, 0.1) is 27.6 Å². The summed E-state index contributed by atoms with van der Waals surface area (Å²) in [5, 5.41) is 27.9. The minimum atomic E-state index is -4.94. The lowest BCUT2D eigenvalue weighted by molar-refractivity contribution is 0.480. The first-order chi connectivity index (χ1) is 30.6. The van der Waals surface area contributed by atoms with Gasteiger partial charge in [0.1, 0.15) is 36.8 Å². The van der Waals surface area contributed by atoms with Gasteiger partial charge in [-0.1, -0.05) is 60.7 Å². The summed E-state index contributed by atoms with van der Waals surface area (Å²) in [4.78, 5) is 0.521. The van der Waals surface area contributed by atoms with Crippen LogP contribution in [0.4, 0.5) is 11.4 Å². The third-order valence-corrected chi connectivity index (χ3v) is 13.7. The van der Waals surface area contributed by atoms with Gasteiger partial charge >= 0.3 is 0 Å². The highest BCUT2D eigenvalue weighted by Gasteiger charge is 2.22. The smallest absolute Gasteiger partial charge is 0.282 e. The summed E-state index contributed by atoms with van der Waals surface area (Å²) >= 11 is 0. The van der Waals surface area contributed by atoms with E-state index in [1.54, 1.807) is 55.5 Å². The molecule has 0 aliphatic rings. The van der Waals surface area contributed by atoms with Crippen LogP contribution in [0.5, 0.6) is 0 Å². The van der Waals surface area contributed by atoms with Crippen LogP contribution >= 0.6 is 0 Å². The van der Waals surface area contributed by atoms with Gasteiger partial charge in [0.15, 0.2) is 0 Å². The van der Waals surface area contributed by atoms with Gasteiger partial charge in [-0.2, -0.15) is 53.5 Å². The predicted molar refractivity (Wildman–Crippen MR) is 236 cm³/mol. The highest BCUT2D eigenvalue weighted by atomic mass is 32.2. The minimum absolute atomic E-state index is 0.0286. The van der Waals surface area contributed by atoms with Gasteiger partial charge in [0.2, 0.25) is 0 Å². The van der Waals surface area contributed by atoms with E-state index in [-0.39, 0.29) is 43.8 Å². The van der Waals surface area contributed by atoms with Crippen LogP contribution in [0, 0.1) is 6.92 Å². The number of hydrogen-bond donors (Lipinski definition) is 4. The molecule has 0 spiro atoms. The van der Waals surface area contributed by atoms with Crippen LogP contribution in [-0.4, -0.2) is 81.9 Å². The van der Waals surface area contributed by atoms with E-state index in [9.17, 15) is 51.9 Å². The van der Waals surface area contributed by atoms with E-state index in [4.69, 9.17) is 0 Å². The summed E-state index contributed by atoms with van der Waals surface area (Å²) in [5.74, 6) is 0. The maximum absolute atomic E-state index is 12.6. The van der Waals surface area contributed by atoms with Crippen molar-refractivity contribution >= 4 is 108 Å². The third kappa shape index (κ3) is 8.38. The summed E-state index contributed by atoms with van der Waals surface area (Å²) in [6, 6.07) is 27.4. The molecule has 24 heteroatoms. The fraction of sp³-hybridized carbons (Fsp3) is 0.0244. The maximum atomic E-state index is 12.6. The van der Waals surface area contributed by atoms with Crippen molar-refractivity contribution < 1.29 is 51.9 Å². The Kier molecular flexibility index (Phi) is 10.3. The van der Waals surface area contributed by atoms with Gasteiger partial charge < -0.3 is 0 Å². The molecule has 0 amide bonds. The van der Waals surface area contributed by atoms with Gasteiger partial charge in [-0.3, -0.25) is 18.2 Å². The number of aromatic nitrogens is 6. The topological polar surface area (TPSA) is 304 Å². The lowest BCUT2D eigenvalue weighted by atomic mass is 10.1. The number of rotatable bonds is 10. The van der Waals surface area contributed by atoms with E-state index in [0.29, 0.717) is 44.1 Å². The molecule has 0 unspecified atom stereocenters. The number of benzene rings is 7. The number of azo groups is 1. The van der Waals surface area contributed by atoms with Crippen molar-refractivity contribution in [3.8, 4) is 11.4 Å². The molecule has 0 aliphatic carbocycles. The highest BCUT2D eigenvalue weighted by Crippen LogP contribution is 2.33. The summed E-state index contributed by atoms with van der Waals surface area (Å²) in [6.07, 6.45) is 2.40. The molecule has 328 valence electrons. The van der Waals surface area contributed by atoms with Crippen molar-refractivity contribution in [1.82, 2.24) is 30.0 Å². The van der Waals surface area contributed by atoms with E-state index < -0.39 is 55.2 Å².